The Kier molecular flexibility index (Phi) is 8.66. The van der Waals surface area contributed by atoms with E-state index in [4.69, 9.17) is 4.74 Å². The number of hydrogen-bond acceptors (Lipinski definition) is 3. The standard InChI is InChI=1S/C30H32BrN3O3/c1-21(2)34(30(36)23-7-6-8-25(31)17-23)20-29(35)33(19-22-11-13-26(37-3)14-12-22)16-15-24-18-32-28-10-5-4-9-27(24)28/h4-14,17-18,21,32H,15-16,19-20H2,1-3H3. The maximum absolute atomic E-state index is 13.7. The van der Waals surface area contributed by atoms with Gasteiger partial charge in [-0.05, 0) is 67.8 Å². The Morgan fingerprint density at radius 1 is 1.00 bits per heavy atom. The van der Waals surface area contributed by atoms with Crippen molar-refractivity contribution in [2.24, 2.45) is 0 Å². The zero-order valence-electron chi connectivity index (χ0n) is 21.4. The van der Waals surface area contributed by atoms with Gasteiger partial charge >= 0.3 is 0 Å². The molecule has 0 unspecified atom stereocenters. The summed E-state index contributed by atoms with van der Waals surface area (Å²) in [6, 6.07) is 23.0. The van der Waals surface area contributed by atoms with E-state index in [2.05, 4.69) is 27.0 Å². The molecule has 1 aromatic heterocycles. The topological polar surface area (TPSA) is 65.6 Å². The second-order valence-corrected chi connectivity index (χ2v) is 10.2. The summed E-state index contributed by atoms with van der Waals surface area (Å²) in [4.78, 5) is 33.8. The number of aromatic amines is 1. The zero-order valence-corrected chi connectivity index (χ0v) is 23.0. The van der Waals surface area contributed by atoms with Crippen molar-refractivity contribution in [3.05, 3.63) is 100 Å². The van der Waals surface area contributed by atoms with Crippen LogP contribution < -0.4 is 4.74 Å². The van der Waals surface area contributed by atoms with Crippen molar-refractivity contribution in [3.63, 3.8) is 0 Å². The number of ether oxygens (including phenoxy) is 1. The molecule has 0 spiro atoms. The molecular weight excluding hydrogens is 530 g/mol. The van der Waals surface area contributed by atoms with Gasteiger partial charge in [-0.1, -0.05) is 52.3 Å². The molecule has 0 bridgehead atoms. The van der Waals surface area contributed by atoms with E-state index in [1.165, 1.54) is 0 Å². The Bertz CT molecular complexity index is 1360. The Morgan fingerprint density at radius 2 is 1.76 bits per heavy atom. The van der Waals surface area contributed by atoms with Crippen LogP contribution in [0.25, 0.3) is 10.9 Å². The van der Waals surface area contributed by atoms with Crippen LogP contribution in [0.4, 0.5) is 0 Å². The number of nitrogens with zero attached hydrogens (tertiary/aromatic N) is 2. The maximum atomic E-state index is 13.7. The number of rotatable bonds is 10. The largest absolute Gasteiger partial charge is 0.497 e. The average Bonchev–Trinajstić information content (AvgIpc) is 3.32. The van der Waals surface area contributed by atoms with E-state index in [0.29, 0.717) is 25.1 Å². The minimum atomic E-state index is -0.161. The van der Waals surface area contributed by atoms with Crippen molar-refractivity contribution in [1.82, 2.24) is 14.8 Å². The van der Waals surface area contributed by atoms with Gasteiger partial charge in [0, 0.05) is 46.3 Å². The summed E-state index contributed by atoms with van der Waals surface area (Å²) in [5.41, 5.74) is 3.80. The van der Waals surface area contributed by atoms with Gasteiger partial charge in [0.2, 0.25) is 5.91 Å². The van der Waals surface area contributed by atoms with E-state index in [9.17, 15) is 9.59 Å². The van der Waals surface area contributed by atoms with Crippen LogP contribution in [-0.2, 0) is 17.8 Å². The zero-order chi connectivity index (χ0) is 26.4. The monoisotopic (exact) mass is 561 g/mol. The van der Waals surface area contributed by atoms with E-state index in [-0.39, 0.29) is 24.4 Å². The highest BCUT2D eigenvalue weighted by molar-refractivity contribution is 9.10. The van der Waals surface area contributed by atoms with E-state index in [1.54, 1.807) is 24.1 Å². The van der Waals surface area contributed by atoms with Crippen LogP contribution in [0.15, 0.2) is 83.5 Å². The summed E-state index contributed by atoms with van der Waals surface area (Å²) in [7, 11) is 1.63. The summed E-state index contributed by atoms with van der Waals surface area (Å²) in [6.07, 6.45) is 2.71. The van der Waals surface area contributed by atoms with Crippen molar-refractivity contribution < 1.29 is 14.3 Å². The fourth-order valence-electron chi connectivity index (χ4n) is 4.36. The number of methoxy groups -OCH3 is 1. The van der Waals surface area contributed by atoms with Gasteiger partial charge in [-0.3, -0.25) is 9.59 Å². The molecule has 0 aliphatic carbocycles. The lowest BCUT2D eigenvalue weighted by Crippen LogP contribution is -2.46. The SMILES string of the molecule is COc1ccc(CN(CCc2c[nH]c3ccccc23)C(=O)CN(C(=O)c2cccc(Br)c2)C(C)C)cc1. The molecule has 0 aliphatic rings. The summed E-state index contributed by atoms with van der Waals surface area (Å²) in [5, 5.41) is 1.16. The van der Waals surface area contributed by atoms with Crippen LogP contribution in [0, 0.1) is 0 Å². The number of halogens is 1. The predicted molar refractivity (Wildman–Crippen MR) is 151 cm³/mol. The van der Waals surface area contributed by atoms with Gasteiger partial charge in [-0.2, -0.15) is 0 Å². The van der Waals surface area contributed by atoms with Crippen LogP contribution >= 0.6 is 15.9 Å². The number of carbonyl (C=O) groups excluding carboxylic acids is 2. The van der Waals surface area contributed by atoms with Crippen molar-refractivity contribution in [2.45, 2.75) is 32.9 Å². The third-order valence-electron chi connectivity index (χ3n) is 6.47. The third kappa shape index (κ3) is 6.60. The fraction of sp³-hybridized carbons (Fsp3) is 0.267. The quantitative estimate of drug-likeness (QED) is 0.256. The van der Waals surface area contributed by atoms with Gasteiger partial charge < -0.3 is 19.5 Å². The number of fused-ring (bicyclic) bond motifs is 1. The molecule has 3 aromatic carbocycles. The number of H-pyrrole nitrogens is 1. The molecule has 6 nitrogen and oxygen atoms in total. The van der Waals surface area contributed by atoms with Gasteiger partial charge in [0.1, 0.15) is 12.3 Å². The lowest BCUT2D eigenvalue weighted by atomic mass is 10.1. The lowest BCUT2D eigenvalue weighted by molar-refractivity contribution is -0.132. The van der Waals surface area contributed by atoms with Gasteiger partial charge in [0.15, 0.2) is 0 Å². The van der Waals surface area contributed by atoms with E-state index in [1.807, 2.05) is 79.5 Å². The van der Waals surface area contributed by atoms with E-state index < -0.39 is 0 Å². The molecule has 4 aromatic rings. The Hall–Kier alpha value is -3.58. The highest BCUT2D eigenvalue weighted by Crippen LogP contribution is 2.20. The lowest BCUT2D eigenvalue weighted by Gasteiger charge is -2.30. The average molecular weight is 563 g/mol. The number of benzene rings is 3. The van der Waals surface area contributed by atoms with E-state index >= 15 is 0 Å². The first kappa shape index (κ1) is 26.5. The first-order chi connectivity index (χ1) is 17.9. The first-order valence-electron chi connectivity index (χ1n) is 12.4. The molecule has 37 heavy (non-hydrogen) atoms. The minimum Gasteiger partial charge on any atom is -0.497 e. The Labute approximate surface area is 226 Å². The van der Waals surface area contributed by atoms with Crippen LogP contribution in [0.1, 0.15) is 35.3 Å². The third-order valence-corrected chi connectivity index (χ3v) is 6.97. The van der Waals surface area contributed by atoms with Gasteiger partial charge in [-0.25, -0.2) is 0 Å². The molecule has 1 heterocycles. The summed E-state index contributed by atoms with van der Waals surface area (Å²) >= 11 is 3.44. The van der Waals surface area contributed by atoms with Crippen molar-refractivity contribution in [3.8, 4) is 5.75 Å². The summed E-state index contributed by atoms with van der Waals surface area (Å²) in [5.74, 6) is 0.518. The molecule has 192 valence electrons. The molecule has 0 atom stereocenters. The molecular formula is C30H32BrN3O3. The Balaban J connectivity index is 1.55. The summed E-state index contributed by atoms with van der Waals surface area (Å²) in [6.45, 7) is 4.85. The highest BCUT2D eigenvalue weighted by atomic mass is 79.9. The predicted octanol–water partition coefficient (Wildman–Crippen LogP) is 6.06. The minimum absolute atomic E-state index is 0.00700. The van der Waals surface area contributed by atoms with Gasteiger partial charge in [0.25, 0.3) is 5.91 Å². The molecule has 0 saturated heterocycles. The summed E-state index contributed by atoms with van der Waals surface area (Å²) < 4.78 is 6.11. The molecule has 1 N–H and O–H groups in total. The van der Waals surface area contributed by atoms with Gasteiger partial charge in [0.05, 0.1) is 7.11 Å². The molecule has 0 saturated carbocycles. The Morgan fingerprint density at radius 3 is 2.46 bits per heavy atom. The second-order valence-electron chi connectivity index (χ2n) is 9.31. The smallest absolute Gasteiger partial charge is 0.254 e. The normalized spacial score (nSPS) is 11.1. The van der Waals surface area contributed by atoms with Crippen LogP contribution in [-0.4, -0.2) is 52.8 Å². The number of nitrogens with one attached hydrogen (secondary N) is 1. The van der Waals surface area contributed by atoms with Crippen LogP contribution in [0.2, 0.25) is 0 Å². The maximum Gasteiger partial charge on any atom is 0.254 e. The first-order valence-corrected chi connectivity index (χ1v) is 13.2. The van der Waals surface area contributed by atoms with Crippen LogP contribution in [0.3, 0.4) is 0 Å². The number of para-hydroxylation sites is 1. The molecule has 0 aliphatic heterocycles. The van der Waals surface area contributed by atoms with Crippen molar-refractivity contribution >= 4 is 38.6 Å². The number of amides is 2. The van der Waals surface area contributed by atoms with Crippen LogP contribution in [0.5, 0.6) is 5.75 Å². The molecule has 2 amide bonds. The molecule has 4 rings (SSSR count). The fourth-order valence-corrected chi connectivity index (χ4v) is 4.76. The van der Waals surface area contributed by atoms with E-state index in [0.717, 1.165) is 32.3 Å². The van der Waals surface area contributed by atoms with Gasteiger partial charge in [-0.15, -0.1) is 0 Å². The molecule has 0 fully saturated rings. The molecule has 7 heteroatoms. The number of aromatic nitrogens is 1. The number of carbonyl (C=O) groups is 2. The van der Waals surface area contributed by atoms with Crippen molar-refractivity contribution in [1.29, 1.82) is 0 Å². The molecule has 0 radical (unpaired) electrons. The highest BCUT2D eigenvalue weighted by Gasteiger charge is 2.25. The number of hydrogen-bond donors (Lipinski definition) is 1. The van der Waals surface area contributed by atoms with Crippen molar-refractivity contribution in [2.75, 3.05) is 20.2 Å². The second kappa shape index (κ2) is 12.1.